The highest BCUT2D eigenvalue weighted by atomic mass is 31.2. The van der Waals surface area contributed by atoms with E-state index in [0.29, 0.717) is 17.4 Å². The van der Waals surface area contributed by atoms with Gasteiger partial charge < -0.3 is 28.5 Å². The molecule has 1 N–H and O–H groups in total. The number of unbranched alkanes of at least 4 members (excludes halogenated alkanes) is 44. The molecule has 0 aromatic carbocycles. The Labute approximate surface area is 479 Å². The molecule has 1 amide bonds. The number of quaternary nitrogens is 1. The Hall–Kier alpha value is -1.51. The standard InChI is InChI=1S/C67H131N2O7P/c1-7-10-13-16-19-22-25-27-28-29-30-31-32-33-34-35-36-37-38-39-40-42-45-47-50-53-56-59-66(70)68-64(63-75-77(72,73)74-62-61-69(4,5)6)65(58-55-52-49-46-44-41-26-23-20-17-14-11-8-2)76-67(71)60-57-54-51-48-43-24-21-18-15-12-9-3/h18,21,55,58,64-65H,7-17,19-20,22-54,56-57,59-63H2,1-6H3,(H-,68,70,72,73)/b21-18-,58-55+. The molecule has 0 saturated carbocycles. The zero-order valence-corrected chi connectivity index (χ0v) is 53.1. The Kier molecular flexibility index (Phi) is 56.6. The molecule has 456 valence electrons. The first kappa shape index (κ1) is 75.5. The van der Waals surface area contributed by atoms with Crippen LogP contribution in [-0.4, -0.2) is 69.4 Å². The average Bonchev–Trinajstić information content (AvgIpc) is 3.39. The van der Waals surface area contributed by atoms with E-state index in [0.717, 1.165) is 83.5 Å². The zero-order chi connectivity index (χ0) is 56.4. The molecule has 0 aliphatic carbocycles. The number of likely N-dealkylation sites (N-methyl/N-ethyl adjacent to an activating group) is 1. The van der Waals surface area contributed by atoms with Gasteiger partial charge in [-0.3, -0.25) is 14.2 Å². The summed E-state index contributed by atoms with van der Waals surface area (Å²) < 4.78 is 30.3. The molecule has 10 heteroatoms. The number of carbonyl (C=O) groups is 2. The Bertz CT molecular complexity index is 1370. The second kappa shape index (κ2) is 57.7. The second-order valence-electron chi connectivity index (χ2n) is 24.3. The van der Waals surface area contributed by atoms with Crippen molar-refractivity contribution < 1.29 is 37.3 Å². The highest BCUT2D eigenvalue weighted by Crippen LogP contribution is 2.38. The van der Waals surface area contributed by atoms with Gasteiger partial charge in [0.05, 0.1) is 33.8 Å². The Morgan fingerprint density at radius 2 is 0.766 bits per heavy atom. The summed E-state index contributed by atoms with van der Waals surface area (Å²) in [4.78, 5) is 40.0. The van der Waals surface area contributed by atoms with Gasteiger partial charge in [-0.25, -0.2) is 0 Å². The van der Waals surface area contributed by atoms with Crippen LogP contribution in [0.15, 0.2) is 24.3 Å². The normalized spacial score (nSPS) is 13.7. The van der Waals surface area contributed by atoms with Crippen LogP contribution in [0.5, 0.6) is 0 Å². The van der Waals surface area contributed by atoms with E-state index in [-0.39, 0.29) is 31.5 Å². The number of amides is 1. The lowest BCUT2D eigenvalue weighted by Crippen LogP contribution is -2.47. The summed E-state index contributed by atoms with van der Waals surface area (Å²) in [6.45, 7) is 6.85. The van der Waals surface area contributed by atoms with E-state index in [2.05, 4.69) is 38.2 Å². The first-order chi connectivity index (χ1) is 37.4. The third-order valence-electron chi connectivity index (χ3n) is 15.4. The minimum absolute atomic E-state index is 0.0200. The fourth-order valence-electron chi connectivity index (χ4n) is 10.2. The minimum Gasteiger partial charge on any atom is -0.756 e. The maximum atomic E-state index is 13.6. The van der Waals surface area contributed by atoms with Crippen LogP contribution in [0.1, 0.15) is 342 Å². The van der Waals surface area contributed by atoms with Crippen molar-refractivity contribution >= 4 is 19.7 Å². The van der Waals surface area contributed by atoms with E-state index in [4.69, 9.17) is 13.8 Å². The van der Waals surface area contributed by atoms with Crippen molar-refractivity contribution in [2.75, 3.05) is 40.9 Å². The number of esters is 1. The quantitative estimate of drug-likeness (QED) is 0.0212. The van der Waals surface area contributed by atoms with Crippen molar-refractivity contribution in [2.24, 2.45) is 0 Å². The molecule has 3 atom stereocenters. The molecule has 0 aromatic heterocycles. The maximum Gasteiger partial charge on any atom is 0.306 e. The van der Waals surface area contributed by atoms with E-state index in [9.17, 15) is 19.0 Å². The van der Waals surface area contributed by atoms with Gasteiger partial charge in [-0.05, 0) is 51.0 Å². The number of nitrogens with zero attached hydrogens (tertiary/aromatic N) is 1. The monoisotopic (exact) mass is 1110 g/mol. The topological polar surface area (TPSA) is 114 Å². The Balaban J connectivity index is 4.93. The molecule has 0 heterocycles. The van der Waals surface area contributed by atoms with Crippen LogP contribution in [0, 0.1) is 0 Å². The molecule has 77 heavy (non-hydrogen) atoms. The van der Waals surface area contributed by atoms with Gasteiger partial charge in [0.2, 0.25) is 5.91 Å². The number of ether oxygens (including phenoxy) is 1. The predicted octanol–water partition coefficient (Wildman–Crippen LogP) is 20.3. The van der Waals surface area contributed by atoms with Crippen molar-refractivity contribution in [2.45, 2.75) is 354 Å². The van der Waals surface area contributed by atoms with Gasteiger partial charge in [-0.15, -0.1) is 0 Å². The first-order valence-corrected chi connectivity index (χ1v) is 35.1. The second-order valence-corrected chi connectivity index (χ2v) is 25.7. The molecule has 0 fully saturated rings. The van der Waals surface area contributed by atoms with E-state index in [1.54, 1.807) is 0 Å². The molecule has 0 bridgehead atoms. The summed E-state index contributed by atoms with van der Waals surface area (Å²) >= 11 is 0. The number of hydrogen-bond acceptors (Lipinski definition) is 7. The summed E-state index contributed by atoms with van der Waals surface area (Å²) in [5, 5.41) is 3.04. The number of allylic oxidation sites excluding steroid dienone is 3. The number of rotatable bonds is 62. The molecule has 3 unspecified atom stereocenters. The molecule has 0 saturated heterocycles. The summed E-state index contributed by atoms with van der Waals surface area (Å²) in [7, 11) is 1.20. The van der Waals surface area contributed by atoms with Crippen LogP contribution < -0.4 is 10.2 Å². The van der Waals surface area contributed by atoms with E-state index in [1.807, 2.05) is 33.3 Å². The van der Waals surface area contributed by atoms with Crippen LogP contribution in [-0.2, 0) is 27.9 Å². The van der Waals surface area contributed by atoms with Crippen molar-refractivity contribution in [3.63, 3.8) is 0 Å². The first-order valence-electron chi connectivity index (χ1n) is 33.6. The fraction of sp³-hybridized carbons (Fsp3) is 0.910. The minimum atomic E-state index is -4.69. The van der Waals surface area contributed by atoms with E-state index >= 15 is 0 Å². The van der Waals surface area contributed by atoms with Crippen LogP contribution in [0.25, 0.3) is 0 Å². The lowest BCUT2D eigenvalue weighted by Gasteiger charge is -2.30. The smallest absolute Gasteiger partial charge is 0.306 e. The molecule has 0 aromatic rings. The number of phosphoric ester groups is 1. The van der Waals surface area contributed by atoms with Gasteiger partial charge in [0.1, 0.15) is 19.3 Å². The molecular weight excluding hydrogens is 976 g/mol. The van der Waals surface area contributed by atoms with Crippen molar-refractivity contribution in [3.8, 4) is 0 Å². The van der Waals surface area contributed by atoms with Crippen molar-refractivity contribution in [1.82, 2.24) is 5.32 Å². The Morgan fingerprint density at radius 1 is 0.442 bits per heavy atom. The lowest BCUT2D eigenvalue weighted by atomic mass is 10.0. The van der Waals surface area contributed by atoms with Crippen LogP contribution >= 0.6 is 7.82 Å². The number of nitrogens with one attached hydrogen (secondary N) is 1. The highest BCUT2D eigenvalue weighted by Gasteiger charge is 2.27. The third-order valence-corrected chi connectivity index (χ3v) is 16.3. The summed E-state index contributed by atoms with van der Waals surface area (Å²) in [6, 6.07) is -0.886. The van der Waals surface area contributed by atoms with Crippen LogP contribution in [0.2, 0.25) is 0 Å². The molecule has 0 rings (SSSR count). The van der Waals surface area contributed by atoms with Crippen LogP contribution in [0.4, 0.5) is 0 Å². The highest BCUT2D eigenvalue weighted by molar-refractivity contribution is 7.45. The molecule has 0 aliphatic heterocycles. The number of carbonyl (C=O) groups excluding carboxylic acids is 2. The largest absolute Gasteiger partial charge is 0.756 e. The van der Waals surface area contributed by atoms with Crippen molar-refractivity contribution in [1.29, 1.82) is 0 Å². The zero-order valence-electron chi connectivity index (χ0n) is 52.2. The maximum absolute atomic E-state index is 13.6. The molecule has 0 spiro atoms. The molecule has 0 radical (unpaired) electrons. The number of phosphoric acid groups is 1. The van der Waals surface area contributed by atoms with Gasteiger partial charge in [0.15, 0.2) is 0 Å². The van der Waals surface area contributed by atoms with Gasteiger partial charge in [-0.1, -0.05) is 302 Å². The van der Waals surface area contributed by atoms with Crippen molar-refractivity contribution in [3.05, 3.63) is 24.3 Å². The summed E-state index contributed by atoms with van der Waals surface area (Å²) in [5.41, 5.74) is 0. The third kappa shape index (κ3) is 58.9. The Morgan fingerprint density at radius 3 is 1.14 bits per heavy atom. The van der Waals surface area contributed by atoms with Gasteiger partial charge in [-0.2, -0.15) is 0 Å². The average molecular weight is 1110 g/mol. The summed E-state index contributed by atoms with van der Waals surface area (Å²) in [5.74, 6) is -0.535. The lowest BCUT2D eigenvalue weighted by molar-refractivity contribution is -0.870. The van der Waals surface area contributed by atoms with Crippen LogP contribution in [0.3, 0.4) is 0 Å². The van der Waals surface area contributed by atoms with Gasteiger partial charge >= 0.3 is 5.97 Å². The summed E-state index contributed by atoms with van der Waals surface area (Å²) in [6.07, 6.45) is 68.8. The molecule has 9 nitrogen and oxygen atoms in total. The van der Waals surface area contributed by atoms with Gasteiger partial charge in [0, 0.05) is 12.8 Å². The predicted molar refractivity (Wildman–Crippen MR) is 330 cm³/mol. The number of hydrogen-bond donors (Lipinski definition) is 1. The fourth-order valence-corrected chi connectivity index (χ4v) is 10.9. The SMILES string of the molecule is CCCC/C=C\CCCCCCCC(=O)OC(/C=C/CCCCCCCCCCCCC)C(COP(=O)([O-])OCC[N+](C)(C)C)NC(=O)CCCCCCCCCCCCCCCCCCCCCCCCCCCCC. The molecule has 0 aliphatic rings. The van der Waals surface area contributed by atoms with E-state index < -0.39 is 20.0 Å². The molecular formula is C67H131N2O7P. The van der Waals surface area contributed by atoms with E-state index in [1.165, 1.54) is 225 Å². The van der Waals surface area contributed by atoms with Gasteiger partial charge in [0.25, 0.3) is 7.82 Å².